The van der Waals surface area contributed by atoms with Crippen molar-refractivity contribution in [3.63, 3.8) is 0 Å². The van der Waals surface area contributed by atoms with E-state index in [0.717, 1.165) is 22.7 Å². The van der Waals surface area contributed by atoms with Crippen LogP contribution in [0.2, 0.25) is 0 Å². The van der Waals surface area contributed by atoms with Gasteiger partial charge in [0.05, 0.1) is 10.8 Å². The molecular weight excluding hydrogens is 420 g/mol. The van der Waals surface area contributed by atoms with Gasteiger partial charge in [-0.25, -0.2) is 0 Å². The van der Waals surface area contributed by atoms with E-state index in [4.69, 9.17) is 15.2 Å². The van der Waals surface area contributed by atoms with Gasteiger partial charge in [-0.3, -0.25) is 4.79 Å². The average molecular weight is 453 g/mol. The smallest absolute Gasteiger partial charge is 0.252 e. The largest absolute Gasteiger partial charge is 0.492 e. The topological polar surface area (TPSA) is 73.6 Å². The fourth-order valence-corrected chi connectivity index (χ4v) is 3.34. The van der Waals surface area contributed by atoms with Crippen molar-refractivity contribution in [3.05, 3.63) is 83.4 Å². The van der Waals surface area contributed by atoms with E-state index in [1.165, 1.54) is 17.5 Å². The van der Waals surface area contributed by atoms with Crippen LogP contribution in [0.1, 0.15) is 42.3 Å². The van der Waals surface area contributed by atoms with Crippen molar-refractivity contribution in [2.75, 3.05) is 11.3 Å². The van der Waals surface area contributed by atoms with Crippen molar-refractivity contribution in [1.82, 2.24) is 0 Å². The molecule has 1 amide bonds. The first kappa shape index (κ1) is 25.1. The highest BCUT2D eigenvalue weighted by Gasteiger charge is 2.12. The van der Waals surface area contributed by atoms with E-state index in [0.29, 0.717) is 17.9 Å². The quantitative estimate of drug-likeness (QED) is 0.351. The van der Waals surface area contributed by atoms with E-state index in [9.17, 15) is 4.79 Å². The molecule has 3 rings (SSSR count). The van der Waals surface area contributed by atoms with Gasteiger partial charge in [0.15, 0.2) is 0 Å². The first-order chi connectivity index (χ1) is 15.4. The number of hydrogen-bond acceptors (Lipinski definition) is 5. The Hall–Kier alpha value is -3.12. The molecule has 0 aliphatic carbocycles. The molecule has 0 spiro atoms. The summed E-state index contributed by atoms with van der Waals surface area (Å²) in [6, 6.07) is 21.2. The second-order valence-electron chi connectivity index (χ2n) is 7.15. The van der Waals surface area contributed by atoms with Crippen molar-refractivity contribution in [1.29, 1.82) is 0 Å². The molecule has 0 saturated carbocycles. The maximum absolute atomic E-state index is 11.6. The zero-order valence-electron chi connectivity index (χ0n) is 19.3. The lowest BCUT2D eigenvalue weighted by atomic mass is 10.1. The summed E-state index contributed by atoms with van der Waals surface area (Å²) in [6.45, 7) is 10.4. The molecule has 0 fully saturated rings. The van der Waals surface area contributed by atoms with Gasteiger partial charge in [0.1, 0.15) is 23.9 Å². The fourth-order valence-electron chi connectivity index (χ4n) is 2.74. The van der Waals surface area contributed by atoms with Crippen molar-refractivity contribution in [2.24, 2.45) is 5.73 Å². The van der Waals surface area contributed by atoms with Gasteiger partial charge >= 0.3 is 0 Å². The summed E-state index contributed by atoms with van der Waals surface area (Å²) < 4.78 is 15.1. The summed E-state index contributed by atoms with van der Waals surface area (Å²) in [6.07, 6.45) is 0. The first-order valence-corrected chi connectivity index (χ1v) is 11.6. The summed E-state index contributed by atoms with van der Waals surface area (Å²) in [4.78, 5) is 11.6. The lowest BCUT2D eigenvalue weighted by Crippen LogP contribution is -2.17. The number of ether oxygens (including phenoxy) is 2. The molecule has 170 valence electrons. The number of carbonyl (C=O) groups is 1. The maximum atomic E-state index is 11.6. The van der Waals surface area contributed by atoms with Gasteiger partial charge in [-0.05, 0) is 69.1 Å². The Morgan fingerprint density at radius 2 is 1.66 bits per heavy atom. The predicted octanol–water partition coefficient (Wildman–Crippen LogP) is 6.75. The maximum Gasteiger partial charge on any atom is 0.252 e. The molecule has 0 aromatic heterocycles. The highest BCUT2D eigenvalue weighted by atomic mass is 32.2. The molecular formula is C26H32N2O3S. The lowest BCUT2D eigenvalue weighted by Gasteiger charge is -2.16. The summed E-state index contributed by atoms with van der Waals surface area (Å²) in [5.74, 6) is 1.58. The second-order valence-corrected chi connectivity index (χ2v) is 8.39. The molecule has 1 unspecified atom stereocenters. The average Bonchev–Trinajstić information content (AvgIpc) is 2.80. The van der Waals surface area contributed by atoms with E-state index >= 15 is 0 Å². The number of primary amides is 1. The zero-order valence-corrected chi connectivity index (χ0v) is 20.2. The predicted molar refractivity (Wildman–Crippen MR) is 135 cm³/mol. The SMILES string of the molecule is CC.Cc1ccc(Oc2cccc(NSC(C)COc3ccc(C)cc3C(N)=O)c2)cc1. The third kappa shape index (κ3) is 7.85. The molecule has 0 aliphatic rings. The van der Waals surface area contributed by atoms with Gasteiger partial charge < -0.3 is 19.9 Å². The first-order valence-electron chi connectivity index (χ1n) is 10.7. The minimum absolute atomic E-state index is 0.133. The molecule has 32 heavy (non-hydrogen) atoms. The molecule has 3 aromatic rings. The van der Waals surface area contributed by atoms with Crippen LogP contribution in [0.15, 0.2) is 66.7 Å². The fraction of sp³-hybridized carbons (Fsp3) is 0.269. The van der Waals surface area contributed by atoms with E-state index in [1.807, 2.05) is 89.2 Å². The van der Waals surface area contributed by atoms with E-state index in [-0.39, 0.29) is 5.25 Å². The Bertz CT molecular complexity index is 1010. The number of benzene rings is 3. The lowest BCUT2D eigenvalue weighted by molar-refractivity contribution is 0.0996. The van der Waals surface area contributed by atoms with Crippen molar-refractivity contribution >= 4 is 23.5 Å². The molecule has 0 heterocycles. The number of nitrogens with two attached hydrogens (primary N) is 1. The van der Waals surface area contributed by atoms with Crippen LogP contribution in [0, 0.1) is 13.8 Å². The Kier molecular flexibility index (Phi) is 9.95. The Morgan fingerprint density at radius 1 is 0.969 bits per heavy atom. The Morgan fingerprint density at radius 3 is 2.34 bits per heavy atom. The summed E-state index contributed by atoms with van der Waals surface area (Å²) in [5, 5.41) is 0.133. The zero-order chi connectivity index (χ0) is 23.5. The number of carbonyl (C=O) groups excluding carboxylic acids is 1. The minimum atomic E-state index is -0.488. The van der Waals surface area contributed by atoms with Crippen LogP contribution in [0.25, 0.3) is 0 Å². The second kappa shape index (κ2) is 12.7. The van der Waals surface area contributed by atoms with Gasteiger partial charge in [-0.15, -0.1) is 0 Å². The normalized spacial score (nSPS) is 11.0. The Balaban J connectivity index is 0.00000176. The molecule has 3 N–H and O–H groups in total. The van der Waals surface area contributed by atoms with Crippen LogP contribution >= 0.6 is 11.9 Å². The molecule has 5 nitrogen and oxygen atoms in total. The molecule has 1 atom stereocenters. The van der Waals surface area contributed by atoms with Gasteiger partial charge in [-0.2, -0.15) is 0 Å². The van der Waals surface area contributed by atoms with Gasteiger partial charge in [0, 0.05) is 11.8 Å². The number of amides is 1. The van der Waals surface area contributed by atoms with Crippen LogP contribution in [0.4, 0.5) is 5.69 Å². The number of hydrogen-bond donors (Lipinski definition) is 2. The monoisotopic (exact) mass is 452 g/mol. The minimum Gasteiger partial charge on any atom is -0.492 e. The van der Waals surface area contributed by atoms with Crippen molar-refractivity contribution in [2.45, 2.75) is 39.9 Å². The van der Waals surface area contributed by atoms with Crippen LogP contribution < -0.4 is 19.9 Å². The van der Waals surface area contributed by atoms with Gasteiger partial charge in [-0.1, -0.05) is 49.2 Å². The van der Waals surface area contributed by atoms with Crippen LogP contribution in [-0.2, 0) is 0 Å². The third-order valence-electron chi connectivity index (χ3n) is 4.34. The number of aryl methyl sites for hydroxylation is 2. The number of rotatable bonds is 9. The van der Waals surface area contributed by atoms with E-state index in [1.54, 1.807) is 12.1 Å². The standard InChI is InChI=1S/C24H26N2O3S.C2H6/c1-16-7-10-20(11-8-16)29-21-6-4-5-19(14-21)26-30-18(3)15-28-23-12-9-17(2)13-22(23)24(25)27;1-2/h4-14,18,26H,15H2,1-3H3,(H2,25,27);1-2H3. The number of anilines is 1. The highest BCUT2D eigenvalue weighted by molar-refractivity contribution is 8.01. The Labute approximate surface area is 195 Å². The van der Waals surface area contributed by atoms with E-state index < -0.39 is 5.91 Å². The molecule has 0 saturated heterocycles. The molecule has 0 aliphatic heterocycles. The molecule has 6 heteroatoms. The van der Waals surface area contributed by atoms with Crippen LogP contribution in [0.5, 0.6) is 17.2 Å². The summed E-state index contributed by atoms with van der Waals surface area (Å²) >= 11 is 1.54. The van der Waals surface area contributed by atoms with Gasteiger partial charge in [0.25, 0.3) is 5.91 Å². The number of nitrogens with one attached hydrogen (secondary N) is 1. The molecule has 0 radical (unpaired) electrons. The molecule has 3 aromatic carbocycles. The van der Waals surface area contributed by atoms with Crippen LogP contribution in [0.3, 0.4) is 0 Å². The molecule has 0 bridgehead atoms. The van der Waals surface area contributed by atoms with E-state index in [2.05, 4.69) is 4.72 Å². The highest BCUT2D eigenvalue weighted by Crippen LogP contribution is 2.27. The van der Waals surface area contributed by atoms with Crippen LogP contribution in [-0.4, -0.2) is 17.8 Å². The third-order valence-corrected chi connectivity index (χ3v) is 5.23. The van der Waals surface area contributed by atoms with Crippen molar-refractivity contribution in [3.8, 4) is 17.2 Å². The summed E-state index contributed by atoms with van der Waals surface area (Å²) in [7, 11) is 0. The summed E-state index contributed by atoms with van der Waals surface area (Å²) in [5.41, 5.74) is 8.95. The van der Waals surface area contributed by atoms with Gasteiger partial charge in [0.2, 0.25) is 0 Å². The van der Waals surface area contributed by atoms with Crippen molar-refractivity contribution < 1.29 is 14.3 Å².